The summed E-state index contributed by atoms with van der Waals surface area (Å²) in [6.45, 7) is 0. The fourth-order valence-corrected chi connectivity index (χ4v) is 2.26. The van der Waals surface area contributed by atoms with Gasteiger partial charge < -0.3 is 4.74 Å². The molecule has 1 fully saturated rings. The minimum absolute atomic E-state index is 0.316. The van der Waals surface area contributed by atoms with E-state index in [0.29, 0.717) is 12.0 Å². The first-order valence-corrected chi connectivity index (χ1v) is 6.85. The maximum Gasteiger partial charge on any atom is 0.232 e. The predicted molar refractivity (Wildman–Crippen MR) is 74.5 cm³/mol. The van der Waals surface area contributed by atoms with Crippen molar-refractivity contribution in [3.8, 4) is 17.3 Å². The standard InChI is InChI=1S/C15H14N4O/c1-2-5-11(6-3-1)15-17-16-13-9-10-14(18-19(13)15)20-12-7-4-8-12/h1-3,5-6,9-10,12H,4,7-8H2. The molecule has 0 saturated heterocycles. The van der Waals surface area contributed by atoms with Crippen molar-refractivity contribution in [2.75, 3.05) is 0 Å². The Morgan fingerprint density at radius 2 is 1.85 bits per heavy atom. The van der Waals surface area contributed by atoms with Crippen LogP contribution >= 0.6 is 0 Å². The van der Waals surface area contributed by atoms with E-state index in [1.807, 2.05) is 42.5 Å². The highest BCUT2D eigenvalue weighted by Gasteiger charge is 2.20. The summed E-state index contributed by atoms with van der Waals surface area (Å²) in [5.41, 5.74) is 1.72. The largest absolute Gasteiger partial charge is 0.473 e. The Morgan fingerprint density at radius 3 is 2.60 bits per heavy atom. The van der Waals surface area contributed by atoms with Crippen LogP contribution in [-0.4, -0.2) is 25.9 Å². The average Bonchev–Trinajstić information content (AvgIpc) is 2.87. The van der Waals surface area contributed by atoms with E-state index in [0.717, 1.165) is 29.9 Å². The van der Waals surface area contributed by atoms with Crippen LogP contribution in [0, 0.1) is 0 Å². The van der Waals surface area contributed by atoms with E-state index in [1.54, 1.807) is 4.52 Å². The molecular weight excluding hydrogens is 252 g/mol. The van der Waals surface area contributed by atoms with Crippen molar-refractivity contribution in [1.82, 2.24) is 19.8 Å². The van der Waals surface area contributed by atoms with Crippen LogP contribution in [0.1, 0.15) is 19.3 Å². The van der Waals surface area contributed by atoms with E-state index in [2.05, 4.69) is 15.3 Å². The van der Waals surface area contributed by atoms with Gasteiger partial charge in [-0.2, -0.15) is 4.52 Å². The zero-order valence-electron chi connectivity index (χ0n) is 10.9. The molecule has 100 valence electrons. The Labute approximate surface area is 116 Å². The number of aromatic nitrogens is 4. The number of hydrogen-bond donors (Lipinski definition) is 0. The molecular formula is C15H14N4O. The predicted octanol–water partition coefficient (Wildman–Crippen LogP) is 2.72. The second-order valence-corrected chi connectivity index (χ2v) is 5.00. The van der Waals surface area contributed by atoms with E-state index in [9.17, 15) is 0 Å². The maximum atomic E-state index is 5.83. The normalized spacial score (nSPS) is 15.2. The van der Waals surface area contributed by atoms with Crippen LogP contribution in [0.25, 0.3) is 17.0 Å². The first kappa shape index (κ1) is 11.4. The molecule has 0 N–H and O–H groups in total. The van der Waals surface area contributed by atoms with Gasteiger partial charge in [0.25, 0.3) is 0 Å². The van der Waals surface area contributed by atoms with Crippen LogP contribution < -0.4 is 4.74 Å². The Bertz CT molecular complexity index is 734. The molecule has 0 spiro atoms. The molecule has 0 unspecified atom stereocenters. The Balaban J connectivity index is 1.76. The molecule has 0 amide bonds. The Morgan fingerprint density at radius 1 is 1.00 bits per heavy atom. The van der Waals surface area contributed by atoms with Crippen LogP contribution in [-0.2, 0) is 0 Å². The first-order valence-electron chi connectivity index (χ1n) is 6.85. The Kier molecular flexibility index (Phi) is 2.62. The molecule has 5 heteroatoms. The molecule has 1 aliphatic carbocycles. The third kappa shape index (κ3) is 1.91. The van der Waals surface area contributed by atoms with Crippen LogP contribution in [0.4, 0.5) is 0 Å². The van der Waals surface area contributed by atoms with Gasteiger partial charge in [0.05, 0.1) is 0 Å². The van der Waals surface area contributed by atoms with E-state index in [4.69, 9.17) is 4.74 Å². The molecule has 3 aromatic rings. The van der Waals surface area contributed by atoms with Crippen molar-refractivity contribution < 1.29 is 4.74 Å². The molecule has 0 aliphatic heterocycles. The number of fused-ring (bicyclic) bond motifs is 1. The molecule has 0 radical (unpaired) electrons. The van der Waals surface area contributed by atoms with Crippen LogP contribution in [0.15, 0.2) is 42.5 Å². The second kappa shape index (κ2) is 4.59. The fourth-order valence-electron chi connectivity index (χ4n) is 2.26. The van der Waals surface area contributed by atoms with Crippen LogP contribution in [0.2, 0.25) is 0 Å². The number of ether oxygens (including phenoxy) is 1. The van der Waals surface area contributed by atoms with Gasteiger partial charge in [0.2, 0.25) is 5.88 Å². The van der Waals surface area contributed by atoms with E-state index in [1.165, 1.54) is 6.42 Å². The SMILES string of the molecule is c1ccc(-c2nnc3ccc(OC4CCC4)nn23)cc1. The molecule has 1 saturated carbocycles. The summed E-state index contributed by atoms with van der Waals surface area (Å²) < 4.78 is 7.57. The highest BCUT2D eigenvalue weighted by Crippen LogP contribution is 2.24. The lowest BCUT2D eigenvalue weighted by Gasteiger charge is -2.25. The van der Waals surface area contributed by atoms with Crippen molar-refractivity contribution in [2.24, 2.45) is 0 Å². The highest BCUT2D eigenvalue weighted by molar-refractivity contribution is 5.58. The molecule has 1 aliphatic rings. The quantitative estimate of drug-likeness (QED) is 0.731. The minimum atomic E-state index is 0.316. The van der Waals surface area contributed by atoms with Crippen molar-refractivity contribution in [2.45, 2.75) is 25.4 Å². The van der Waals surface area contributed by atoms with Gasteiger partial charge in [0.1, 0.15) is 6.10 Å². The Hall–Kier alpha value is -2.43. The summed E-state index contributed by atoms with van der Waals surface area (Å²) in [4.78, 5) is 0. The molecule has 5 nitrogen and oxygen atoms in total. The first-order chi connectivity index (χ1) is 9.90. The van der Waals surface area contributed by atoms with Crippen molar-refractivity contribution in [3.63, 3.8) is 0 Å². The minimum Gasteiger partial charge on any atom is -0.473 e. The smallest absolute Gasteiger partial charge is 0.232 e. The maximum absolute atomic E-state index is 5.83. The van der Waals surface area contributed by atoms with Gasteiger partial charge in [0.15, 0.2) is 11.5 Å². The lowest BCUT2D eigenvalue weighted by atomic mass is 9.96. The number of rotatable bonds is 3. The van der Waals surface area contributed by atoms with Crippen molar-refractivity contribution >= 4 is 5.65 Å². The van der Waals surface area contributed by atoms with E-state index < -0.39 is 0 Å². The summed E-state index contributed by atoms with van der Waals surface area (Å²) in [5.74, 6) is 1.37. The van der Waals surface area contributed by atoms with Gasteiger partial charge in [-0.05, 0) is 25.3 Å². The van der Waals surface area contributed by atoms with Gasteiger partial charge in [0, 0.05) is 11.6 Å². The molecule has 4 rings (SSSR count). The molecule has 0 atom stereocenters. The van der Waals surface area contributed by atoms with E-state index in [-0.39, 0.29) is 0 Å². The number of hydrogen-bond acceptors (Lipinski definition) is 4. The third-order valence-electron chi connectivity index (χ3n) is 3.61. The summed E-state index contributed by atoms with van der Waals surface area (Å²) in [5, 5.41) is 12.9. The van der Waals surface area contributed by atoms with Crippen molar-refractivity contribution in [1.29, 1.82) is 0 Å². The van der Waals surface area contributed by atoms with Gasteiger partial charge in [-0.1, -0.05) is 30.3 Å². The summed E-state index contributed by atoms with van der Waals surface area (Å²) >= 11 is 0. The lowest BCUT2D eigenvalue weighted by Crippen LogP contribution is -2.25. The second-order valence-electron chi connectivity index (χ2n) is 5.00. The number of nitrogens with zero attached hydrogens (tertiary/aromatic N) is 4. The summed E-state index contributed by atoms with van der Waals surface area (Å²) in [6.07, 6.45) is 3.80. The molecule has 1 aromatic carbocycles. The zero-order chi connectivity index (χ0) is 13.4. The molecule has 2 aromatic heterocycles. The zero-order valence-corrected chi connectivity index (χ0v) is 10.9. The fraction of sp³-hybridized carbons (Fsp3) is 0.267. The van der Waals surface area contributed by atoms with Gasteiger partial charge in [-0.15, -0.1) is 15.3 Å². The van der Waals surface area contributed by atoms with Crippen LogP contribution in [0.3, 0.4) is 0 Å². The van der Waals surface area contributed by atoms with E-state index >= 15 is 0 Å². The van der Waals surface area contributed by atoms with Gasteiger partial charge in [-0.25, -0.2) is 0 Å². The topological polar surface area (TPSA) is 52.3 Å². The lowest BCUT2D eigenvalue weighted by molar-refractivity contribution is 0.113. The van der Waals surface area contributed by atoms with Gasteiger partial charge in [-0.3, -0.25) is 0 Å². The van der Waals surface area contributed by atoms with Crippen molar-refractivity contribution in [3.05, 3.63) is 42.5 Å². The van der Waals surface area contributed by atoms with Gasteiger partial charge >= 0.3 is 0 Å². The summed E-state index contributed by atoms with van der Waals surface area (Å²) in [7, 11) is 0. The van der Waals surface area contributed by atoms with Crippen LogP contribution in [0.5, 0.6) is 5.88 Å². The third-order valence-corrected chi connectivity index (χ3v) is 3.61. The summed E-state index contributed by atoms with van der Waals surface area (Å²) in [6, 6.07) is 13.7. The monoisotopic (exact) mass is 266 g/mol. The molecule has 20 heavy (non-hydrogen) atoms. The average molecular weight is 266 g/mol. The number of benzene rings is 1. The molecule has 2 heterocycles. The molecule has 0 bridgehead atoms. The highest BCUT2D eigenvalue weighted by atomic mass is 16.5.